The topological polar surface area (TPSA) is 12.0 Å². The highest BCUT2D eigenvalue weighted by Crippen LogP contribution is 2.23. The summed E-state index contributed by atoms with van der Waals surface area (Å²) in [6.07, 6.45) is 0.993. The molecule has 0 aliphatic rings. The van der Waals surface area contributed by atoms with Gasteiger partial charge in [-0.3, -0.25) is 0 Å². The van der Waals surface area contributed by atoms with Gasteiger partial charge in [0, 0.05) is 21.3 Å². The van der Waals surface area contributed by atoms with E-state index in [2.05, 4.69) is 47.2 Å². The van der Waals surface area contributed by atoms with Crippen LogP contribution in [0.15, 0.2) is 22.7 Å². The number of thioether (sulfide) groups is 1. The Labute approximate surface area is 122 Å². The van der Waals surface area contributed by atoms with Crippen LogP contribution in [-0.4, -0.2) is 24.1 Å². The van der Waals surface area contributed by atoms with E-state index in [1.807, 2.05) is 17.8 Å². The highest BCUT2D eigenvalue weighted by atomic mass is 79.9. The first kappa shape index (κ1) is 15.4. The highest BCUT2D eigenvalue weighted by Gasteiger charge is 2.10. The number of rotatable bonds is 7. The molecule has 0 aliphatic heterocycles. The highest BCUT2D eigenvalue weighted by molar-refractivity contribution is 9.10. The number of hydrogen-bond donors (Lipinski definition) is 1. The molecule has 0 amide bonds. The molecule has 0 radical (unpaired) electrons. The van der Waals surface area contributed by atoms with E-state index < -0.39 is 0 Å². The average molecular weight is 337 g/mol. The van der Waals surface area contributed by atoms with E-state index in [0.29, 0.717) is 6.04 Å². The van der Waals surface area contributed by atoms with Crippen molar-refractivity contribution in [3.05, 3.63) is 33.3 Å². The van der Waals surface area contributed by atoms with Crippen LogP contribution in [0.4, 0.5) is 0 Å². The number of likely N-dealkylation sites (N-methyl/N-ethyl adjacent to an activating group) is 1. The molecule has 0 heterocycles. The molecule has 0 fully saturated rings. The van der Waals surface area contributed by atoms with Crippen molar-refractivity contribution in [3.63, 3.8) is 0 Å². The lowest BCUT2D eigenvalue weighted by atomic mass is 10.1. The Kier molecular flexibility index (Phi) is 7.60. The molecule has 4 heteroatoms. The molecule has 0 saturated heterocycles. The van der Waals surface area contributed by atoms with Crippen molar-refractivity contribution in [2.45, 2.75) is 26.3 Å². The van der Waals surface area contributed by atoms with Gasteiger partial charge in [0.15, 0.2) is 0 Å². The lowest BCUT2D eigenvalue weighted by Crippen LogP contribution is -2.33. The Hall–Kier alpha value is 0.300. The van der Waals surface area contributed by atoms with Gasteiger partial charge in [-0.25, -0.2) is 0 Å². The zero-order chi connectivity index (χ0) is 12.7. The Balaban J connectivity index is 2.64. The zero-order valence-electron chi connectivity index (χ0n) is 10.3. The van der Waals surface area contributed by atoms with Gasteiger partial charge < -0.3 is 5.32 Å². The Morgan fingerprint density at radius 3 is 2.76 bits per heavy atom. The summed E-state index contributed by atoms with van der Waals surface area (Å²) < 4.78 is 1.04. The molecule has 0 aromatic heterocycles. The lowest BCUT2D eigenvalue weighted by Gasteiger charge is -2.18. The Bertz CT molecular complexity index is 346. The van der Waals surface area contributed by atoms with Crippen molar-refractivity contribution in [3.8, 4) is 0 Å². The molecule has 1 unspecified atom stereocenters. The van der Waals surface area contributed by atoms with Gasteiger partial charge in [0.2, 0.25) is 0 Å². The van der Waals surface area contributed by atoms with Gasteiger partial charge in [-0.1, -0.05) is 47.4 Å². The minimum atomic E-state index is 0.503. The van der Waals surface area contributed by atoms with Gasteiger partial charge in [-0.2, -0.15) is 11.8 Å². The Morgan fingerprint density at radius 2 is 2.18 bits per heavy atom. The van der Waals surface area contributed by atoms with Crippen LogP contribution in [0.2, 0.25) is 5.02 Å². The third kappa shape index (κ3) is 5.64. The maximum atomic E-state index is 6.24. The summed E-state index contributed by atoms with van der Waals surface area (Å²) in [5.41, 5.74) is 1.22. The molecule has 1 aromatic rings. The summed E-state index contributed by atoms with van der Waals surface area (Å²) in [7, 11) is 0. The first-order chi connectivity index (χ1) is 8.17. The number of nitrogens with one attached hydrogen (secondary N) is 1. The van der Waals surface area contributed by atoms with Crippen LogP contribution in [0.25, 0.3) is 0 Å². The fraction of sp³-hybridized carbons (Fsp3) is 0.538. The van der Waals surface area contributed by atoms with Gasteiger partial charge in [-0.15, -0.1) is 0 Å². The molecule has 1 nitrogen and oxygen atoms in total. The fourth-order valence-corrected chi connectivity index (χ4v) is 3.20. The molecule has 1 rings (SSSR count). The van der Waals surface area contributed by atoms with Crippen LogP contribution in [0, 0.1) is 0 Å². The monoisotopic (exact) mass is 335 g/mol. The smallest absolute Gasteiger partial charge is 0.0449 e. The molecular weight excluding hydrogens is 318 g/mol. The summed E-state index contributed by atoms with van der Waals surface area (Å²) in [4.78, 5) is 0. The van der Waals surface area contributed by atoms with Gasteiger partial charge in [0.25, 0.3) is 0 Å². The van der Waals surface area contributed by atoms with E-state index in [4.69, 9.17) is 11.6 Å². The predicted molar refractivity (Wildman–Crippen MR) is 83.3 cm³/mol. The average Bonchev–Trinajstić information content (AvgIpc) is 2.29. The van der Waals surface area contributed by atoms with Gasteiger partial charge >= 0.3 is 0 Å². The molecule has 1 N–H and O–H groups in total. The van der Waals surface area contributed by atoms with E-state index in [1.54, 1.807) is 0 Å². The van der Waals surface area contributed by atoms with Crippen molar-refractivity contribution in [1.29, 1.82) is 0 Å². The maximum Gasteiger partial charge on any atom is 0.0449 e. The first-order valence-corrected chi connectivity index (χ1v) is 8.25. The third-order valence-electron chi connectivity index (χ3n) is 2.50. The summed E-state index contributed by atoms with van der Waals surface area (Å²) in [6, 6.07) is 6.63. The molecular formula is C13H19BrClNS. The minimum absolute atomic E-state index is 0.503. The van der Waals surface area contributed by atoms with Crippen LogP contribution in [0.1, 0.15) is 19.4 Å². The molecule has 0 spiro atoms. The summed E-state index contributed by atoms with van der Waals surface area (Å²) in [5, 5.41) is 4.37. The quantitative estimate of drug-likeness (QED) is 0.793. The largest absolute Gasteiger partial charge is 0.313 e. The van der Waals surface area contributed by atoms with Crippen LogP contribution in [-0.2, 0) is 6.42 Å². The van der Waals surface area contributed by atoms with Crippen molar-refractivity contribution in [2.75, 3.05) is 18.1 Å². The lowest BCUT2D eigenvalue weighted by molar-refractivity contribution is 0.573. The molecule has 17 heavy (non-hydrogen) atoms. The van der Waals surface area contributed by atoms with Gasteiger partial charge in [-0.05, 0) is 36.4 Å². The first-order valence-electron chi connectivity index (χ1n) is 5.92. The number of halogens is 2. The molecule has 96 valence electrons. The SMILES string of the molecule is CCNC(CSCC)Cc1ccc(Br)cc1Cl. The standard InChI is InChI=1S/C13H19BrClNS/c1-3-16-12(9-17-4-2)7-10-5-6-11(14)8-13(10)15/h5-6,8,12,16H,3-4,7,9H2,1-2H3. The van der Waals surface area contributed by atoms with E-state index in [-0.39, 0.29) is 0 Å². The molecule has 0 saturated carbocycles. The number of benzene rings is 1. The van der Waals surface area contributed by atoms with E-state index in [0.717, 1.165) is 34.0 Å². The van der Waals surface area contributed by atoms with Crippen LogP contribution >= 0.6 is 39.3 Å². The zero-order valence-corrected chi connectivity index (χ0v) is 13.5. The third-order valence-corrected chi connectivity index (χ3v) is 4.39. The van der Waals surface area contributed by atoms with E-state index in [9.17, 15) is 0 Å². The number of hydrogen-bond acceptors (Lipinski definition) is 2. The Morgan fingerprint density at radius 1 is 1.41 bits per heavy atom. The molecule has 1 aromatic carbocycles. The fourth-order valence-electron chi connectivity index (χ4n) is 1.69. The van der Waals surface area contributed by atoms with Crippen LogP contribution < -0.4 is 5.32 Å². The van der Waals surface area contributed by atoms with E-state index >= 15 is 0 Å². The molecule has 1 atom stereocenters. The minimum Gasteiger partial charge on any atom is -0.313 e. The van der Waals surface area contributed by atoms with Crippen LogP contribution in [0.5, 0.6) is 0 Å². The van der Waals surface area contributed by atoms with Crippen molar-refractivity contribution in [1.82, 2.24) is 5.32 Å². The van der Waals surface area contributed by atoms with Gasteiger partial charge in [0.1, 0.15) is 0 Å². The van der Waals surface area contributed by atoms with Crippen molar-refractivity contribution < 1.29 is 0 Å². The molecule has 0 aliphatic carbocycles. The second-order valence-corrected chi connectivity index (χ2v) is 6.50. The maximum absolute atomic E-state index is 6.24. The van der Waals surface area contributed by atoms with Crippen molar-refractivity contribution >= 4 is 39.3 Å². The summed E-state index contributed by atoms with van der Waals surface area (Å²) in [6.45, 7) is 5.34. The second kappa shape index (κ2) is 8.41. The van der Waals surface area contributed by atoms with Gasteiger partial charge in [0.05, 0.1) is 0 Å². The molecule has 0 bridgehead atoms. The summed E-state index contributed by atoms with van der Waals surface area (Å²) >= 11 is 11.6. The second-order valence-electron chi connectivity index (χ2n) is 3.85. The van der Waals surface area contributed by atoms with Crippen LogP contribution in [0.3, 0.4) is 0 Å². The van der Waals surface area contributed by atoms with E-state index in [1.165, 1.54) is 5.56 Å². The normalized spacial score (nSPS) is 12.7. The predicted octanol–water partition coefficient (Wildman–Crippen LogP) is 4.38. The summed E-state index contributed by atoms with van der Waals surface area (Å²) in [5.74, 6) is 2.30. The van der Waals surface area contributed by atoms with Crippen molar-refractivity contribution in [2.24, 2.45) is 0 Å².